The number of benzene rings is 2. The second-order valence-corrected chi connectivity index (χ2v) is 4.54. The van der Waals surface area contributed by atoms with E-state index in [2.05, 4.69) is 0 Å². The zero-order chi connectivity index (χ0) is 14.8. The molecule has 0 saturated heterocycles. The Bertz CT molecular complexity index is 581. The summed E-state index contributed by atoms with van der Waals surface area (Å²) in [6, 6.07) is 12.9. The molecule has 0 aliphatic carbocycles. The topological polar surface area (TPSA) is 23.5 Å². The molecule has 2 aromatic carbocycles. The van der Waals surface area contributed by atoms with Crippen molar-refractivity contribution in [1.29, 1.82) is 0 Å². The molecule has 0 heterocycles. The van der Waals surface area contributed by atoms with Crippen molar-refractivity contribution in [1.82, 2.24) is 0 Å². The fourth-order valence-corrected chi connectivity index (χ4v) is 1.96. The third kappa shape index (κ3) is 3.23. The fraction of sp³-hybridized carbons (Fsp3) is 0.200. The zero-order valence-electron chi connectivity index (χ0n) is 10.9. The Hall–Kier alpha value is -2.17. The number of anilines is 1. The lowest BCUT2D eigenvalue weighted by Crippen LogP contribution is -2.17. The second-order valence-electron chi connectivity index (χ2n) is 4.54. The highest BCUT2D eigenvalue weighted by Gasteiger charge is 2.34. The lowest BCUT2D eigenvalue weighted by Gasteiger charge is -2.20. The van der Waals surface area contributed by atoms with Gasteiger partial charge in [0.2, 0.25) is 0 Å². The van der Waals surface area contributed by atoms with Gasteiger partial charge >= 0.3 is 6.18 Å². The molecule has 0 atom stereocenters. The van der Waals surface area contributed by atoms with E-state index >= 15 is 0 Å². The Kier molecular flexibility index (Phi) is 3.88. The molecule has 0 aromatic heterocycles. The summed E-state index contributed by atoms with van der Waals surface area (Å²) in [6.07, 6.45) is -4.55. The third-order valence-corrected chi connectivity index (χ3v) is 2.98. The number of para-hydroxylation sites is 1. The van der Waals surface area contributed by atoms with Crippen molar-refractivity contribution >= 4 is 5.69 Å². The van der Waals surface area contributed by atoms with Gasteiger partial charge in [-0.15, -0.1) is 0 Å². The van der Waals surface area contributed by atoms with Gasteiger partial charge < -0.3 is 10.0 Å². The monoisotopic (exact) mass is 281 g/mol. The molecule has 2 aromatic rings. The van der Waals surface area contributed by atoms with Gasteiger partial charge in [0.25, 0.3) is 0 Å². The van der Waals surface area contributed by atoms with Gasteiger partial charge in [0.15, 0.2) is 0 Å². The lowest BCUT2D eigenvalue weighted by molar-refractivity contribution is -0.138. The van der Waals surface area contributed by atoms with E-state index in [1.807, 2.05) is 35.2 Å². The molecule has 0 radical (unpaired) electrons. The summed E-state index contributed by atoms with van der Waals surface area (Å²) in [5.41, 5.74) is 0.395. The molecule has 0 fully saturated rings. The number of nitrogens with zero attached hydrogens (tertiary/aromatic N) is 1. The Morgan fingerprint density at radius 1 is 1.05 bits per heavy atom. The summed E-state index contributed by atoms with van der Waals surface area (Å²) >= 11 is 0. The highest BCUT2D eigenvalue weighted by Crippen LogP contribution is 2.36. The fourth-order valence-electron chi connectivity index (χ4n) is 1.96. The summed E-state index contributed by atoms with van der Waals surface area (Å²) in [4.78, 5) is 1.84. The number of alkyl halides is 3. The van der Waals surface area contributed by atoms with Gasteiger partial charge in [0.1, 0.15) is 5.75 Å². The molecule has 0 amide bonds. The maximum Gasteiger partial charge on any atom is 0.419 e. The minimum atomic E-state index is -4.55. The molecule has 2 rings (SSSR count). The number of rotatable bonds is 3. The van der Waals surface area contributed by atoms with Crippen LogP contribution in [0.25, 0.3) is 0 Å². The highest BCUT2D eigenvalue weighted by molar-refractivity contribution is 5.47. The van der Waals surface area contributed by atoms with Gasteiger partial charge in [0.05, 0.1) is 5.56 Å². The number of phenols is 1. The van der Waals surface area contributed by atoms with Gasteiger partial charge in [-0.05, 0) is 29.8 Å². The normalized spacial score (nSPS) is 11.4. The zero-order valence-corrected chi connectivity index (χ0v) is 10.9. The number of hydrogen-bond acceptors (Lipinski definition) is 2. The number of hydrogen-bond donors (Lipinski definition) is 1. The van der Waals surface area contributed by atoms with Crippen molar-refractivity contribution in [2.45, 2.75) is 12.7 Å². The largest absolute Gasteiger partial charge is 0.507 e. The SMILES string of the molecule is CN(Cc1ccc(O)c(C(F)(F)F)c1)c1ccccc1. The van der Waals surface area contributed by atoms with Crippen LogP contribution in [0, 0.1) is 0 Å². The van der Waals surface area contributed by atoms with Crippen LogP contribution in [0.4, 0.5) is 18.9 Å². The average Bonchev–Trinajstić information content (AvgIpc) is 2.40. The minimum absolute atomic E-state index is 0.327. The first-order valence-electron chi connectivity index (χ1n) is 6.03. The van der Waals surface area contributed by atoms with Gasteiger partial charge in [-0.3, -0.25) is 0 Å². The van der Waals surface area contributed by atoms with E-state index in [0.717, 1.165) is 17.8 Å². The van der Waals surface area contributed by atoms with E-state index in [9.17, 15) is 18.3 Å². The smallest absolute Gasteiger partial charge is 0.419 e. The van der Waals surface area contributed by atoms with Crippen molar-refractivity contribution < 1.29 is 18.3 Å². The van der Waals surface area contributed by atoms with Crippen LogP contribution in [0.3, 0.4) is 0 Å². The second kappa shape index (κ2) is 5.45. The van der Waals surface area contributed by atoms with E-state index in [1.54, 1.807) is 7.05 Å². The Labute approximate surface area is 115 Å². The molecule has 0 aliphatic heterocycles. The molecule has 106 valence electrons. The van der Waals surface area contributed by atoms with Crippen LogP contribution in [0.2, 0.25) is 0 Å². The molecule has 0 spiro atoms. The van der Waals surface area contributed by atoms with E-state index in [4.69, 9.17) is 0 Å². The molecular weight excluding hydrogens is 267 g/mol. The summed E-state index contributed by atoms with van der Waals surface area (Å²) in [5, 5.41) is 9.29. The molecule has 0 aliphatic rings. The molecular formula is C15H14F3NO. The Morgan fingerprint density at radius 3 is 2.30 bits per heavy atom. The van der Waals surface area contributed by atoms with Crippen LogP contribution in [0.5, 0.6) is 5.75 Å². The number of halogens is 3. The lowest BCUT2D eigenvalue weighted by atomic mass is 10.1. The number of aromatic hydroxyl groups is 1. The first kappa shape index (κ1) is 14.2. The van der Waals surface area contributed by atoms with Crippen LogP contribution >= 0.6 is 0 Å². The summed E-state index contributed by atoms with van der Waals surface area (Å²) in [6.45, 7) is 0.327. The summed E-state index contributed by atoms with van der Waals surface area (Å²) in [7, 11) is 1.80. The van der Waals surface area contributed by atoms with Crippen LogP contribution in [-0.4, -0.2) is 12.2 Å². The van der Waals surface area contributed by atoms with Crippen molar-refractivity contribution in [3.8, 4) is 5.75 Å². The van der Waals surface area contributed by atoms with Crippen LogP contribution in [0.15, 0.2) is 48.5 Å². The highest BCUT2D eigenvalue weighted by atomic mass is 19.4. The first-order chi connectivity index (χ1) is 9.38. The van der Waals surface area contributed by atoms with E-state index in [0.29, 0.717) is 12.1 Å². The first-order valence-corrected chi connectivity index (χ1v) is 6.03. The van der Waals surface area contributed by atoms with Gasteiger partial charge in [-0.2, -0.15) is 13.2 Å². The predicted molar refractivity (Wildman–Crippen MR) is 71.7 cm³/mol. The van der Waals surface area contributed by atoms with Gasteiger partial charge in [-0.1, -0.05) is 24.3 Å². The van der Waals surface area contributed by atoms with E-state index in [-0.39, 0.29) is 0 Å². The molecule has 0 unspecified atom stereocenters. The molecule has 1 N–H and O–H groups in total. The summed E-state index contributed by atoms with van der Waals surface area (Å²) in [5.74, 6) is -0.747. The predicted octanol–water partition coefficient (Wildman–Crippen LogP) is 4.05. The van der Waals surface area contributed by atoms with E-state index < -0.39 is 17.5 Å². The molecule has 5 heteroatoms. The quantitative estimate of drug-likeness (QED) is 0.917. The molecule has 2 nitrogen and oxygen atoms in total. The standard InChI is InChI=1S/C15H14F3NO/c1-19(12-5-3-2-4-6-12)10-11-7-8-14(20)13(9-11)15(16,17)18/h2-9,20H,10H2,1H3. The molecule has 20 heavy (non-hydrogen) atoms. The maximum absolute atomic E-state index is 12.7. The van der Waals surface area contributed by atoms with Gasteiger partial charge in [0, 0.05) is 19.3 Å². The summed E-state index contributed by atoms with van der Waals surface area (Å²) < 4.78 is 38.1. The van der Waals surface area contributed by atoms with Crippen LogP contribution in [0.1, 0.15) is 11.1 Å². The van der Waals surface area contributed by atoms with Gasteiger partial charge in [-0.25, -0.2) is 0 Å². The average molecular weight is 281 g/mol. The van der Waals surface area contributed by atoms with Crippen molar-refractivity contribution in [3.63, 3.8) is 0 Å². The van der Waals surface area contributed by atoms with Crippen molar-refractivity contribution in [2.75, 3.05) is 11.9 Å². The Morgan fingerprint density at radius 2 is 1.70 bits per heavy atom. The molecule has 0 bridgehead atoms. The maximum atomic E-state index is 12.7. The van der Waals surface area contributed by atoms with Crippen LogP contribution in [-0.2, 0) is 12.7 Å². The van der Waals surface area contributed by atoms with Crippen molar-refractivity contribution in [3.05, 3.63) is 59.7 Å². The third-order valence-electron chi connectivity index (χ3n) is 2.98. The van der Waals surface area contributed by atoms with Crippen molar-refractivity contribution in [2.24, 2.45) is 0 Å². The number of phenolic OH excluding ortho intramolecular Hbond substituents is 1. The molecule has 0 saturated carbocycles. The Balaban J connectivity index is 2.22. The van der Waals surface area contributed by atoms with E-state index in [1.165, 1.54) is 6.07 Å². The minimum Gasteiger partial charge on any atom is -0.507 e. The van der Waals surface area contributed by atoms with Crippen LogP contribution < -0.4 is 4.90 Å².